The summed E-state index contributed by atoms with van der Waals surface area (Å²) in [6, 6.07) is 14.9. The van der Waals surface area contributed by atoms with Gasteiger partial charge in [0, 0.05) is 23.1 Å². The molecule has 0 amide bonds. The Balaban J connectivity index is 1.85. The number of nitrogens with zero attached hydrogens (tertiary/aromatic N) is 1. The maximum atomic E-state index is 14.3. The van der Waals surface area contributed by atoms with Crippen LogP contribution in [0.2, 0.25) is 0 Å². The van der Waals surface area contributed by atoms with Gasteiger partial charge in [0.05, 0.1) is 12.6 Å². The highest BCUT2D eigenvalue weighted by Gasteiger charge is 2.41. The first kappa shape index (κ1) is 19.3. The molecule has 0 aromatic heterocycles. The molecule has 4 heteroatoms. The summed E-state index contributed by atoms with van der Waals surface area (Å²) in [6.07, 6.45) is 6.99. The van der Waals surface area contributed by atoms with Crippen molar-refractivity contribution in [3.8, 4) is 5.75 Å². The van der Waals surface area contributed by atoms with Gasteiger partial charge < -0.3 is 9.64 Å². The van der Waals surface area contributed by atoms with Crippen LogP contribution in [0.15, 0.2) is 70.9 Å². The minimum Gasteiger partial charge on any atom is -0.497 e. The average molecular weight is 442 g/mol. The Morgan fingerprint density at radius 2 is 1.86 bits per heavy atom. The second-order valence-corrected chi connectivity index (χ2v) is 8.86. The molecule has 0 N–H and O–H groups in total. The monoisotopic (exact) mass is 441 g/mol. The predicted octanol–water partition coefficient (Wildman–Crippen LogP) is 6.15. The maximum absolute atomic E-state index is 14.3. The molecule has 0 bridgehead atoms. The number of fused-ring (bicyclic) bond motifs is 1. The maximum Gasteiger partial charge on any atom is 0.130 e. The Hall–Kier alpha value is -2.07. The third-order valence-corrected chi connectivity index (χ3v) is 6.54. The molecule has 1 aliphatic heterocycles. The van der Waals surface area contributed by atoms with E-state index in [0.717, 1.165) is 28.9 Å². The molecule has 0 spiro atoms. The van der Waals surface area contributed by atoms with Crippen LogP contribution >= 0.6 is 15.9 Å². The lowest BCUT2D eigenvalue weighted by molar-refractivity contribution is 0.174. The minimum absolute atomic E-state index is 0.346. The van der Waals surface area contributed by atoms with E-state index in [4.69, 9.17) is 4.74 Å². The third-order valence-electron chi connectivity index (χ3n) is 6.01. The number of hydrogen-bond donors (Lipinski definition) is 0. The molecule has 0 fully saturated rings. The van der Waals surface area contributed by atoms with E-state index >= 15 is 0 Å². The van der Waals surface area contributed by atoms with Crippen LogP contribution in [-0.4, -0.2) is 24.2 Å². The van der Waals surface area contributed by atoms with Gasteiger partial charge in [-0.3, -0.25) is 0 Å². The lowest BCUT2D eigenvalue weighted by Crippen LogP contribution is -2.49. The number of alkyl halides is 1. The molecular weight excluding hydrogens is 417 g/mol. The number of ether oxygens (including phenoxy) is 1. The van der Waals surface area contributed by atoms with Crippen molar-refractivity contribution in [2.24, 2.45) is 0 Å². The molecule has 1 aliphatic carbocycles. The smallest absolute Gasteiger partial charge is 0.130 e. The van der Waals surface area contributed by atoms with Crippen LogP contribution in [0, 0.1) is 0 Å². The summed E-state index contributed by atoms with van der Waals surface area (Å²) >= 11 is 3.55. The first-order chi connectivity index (χ1) is 13.3. The fourth-order valence-electron chi connectivity index (χ4n) is 4.35. The molecule has 4 rings (SSSR count). The molecule has 0 radical (unpaired) electrons. The summed E-state index contributed by atoms with van der Waals surface area (Å²) in [5.41, 5.74) is 3.26. The largest absolute Gasteiger partial charge is 0.497 e. The van der Waals surface area contributed by atoms with Crippen molar-refractivity contribution in [2.45, 2.75) is 37.9 Å². The van der Waals surface area contributed by atoms with E-state index in [-0.39, 0.29) is 5.54 Å². The highest BCUT2D eigenvalue weighted by molar-refractivity contribution is 9.10. The first-order valence-electron chi connectivity index (χ1n) is 9.63. The fourth-order valence-corrected chi connectivity index (χ4v) is 4.62. The van der Waals surface area contributed by atoms with Gasteiger partial charge in [0.25, 0.3) is 0 Å². The number of rotatable bonds is 3. The number of halogens is 2. The zero-order chi connectivity index (χ0) is 19.9. The van der Waals surface area contributed by atoms with E-state index in [1.54, 1.807) is 20.1 Å². The number of hydrogen-bond acceptors (Lipinski definition) is 2. The zero-order valence-electron chi connectivity index (χ0n) is 16.5. The summed E-state index contributed by atoms with van der Waals surface area (Å²) in [4.78, 5) is 2.41. The molecule has 0 saturated heterocycles. The van der Waals surface area contributed by atoms with Crippen molar-refractivity contribution >= 4 is 15.9 Å². The lowest BCUT2D eigenvalue weighted by atomic mass is 9.76. The van der Waals surface area contributed by atoms with Crippen LogP contribution in [0.25, 0.3) is 0 Å². The van der Waals surface area contributed by atoms with Crippen LogP contribution in [0.1, 0.15) is 37.0 Å². The summed E-state index contributed by atoms with van der Waals surface area (Å²) in [7, 11) is 1.70. The third kappa shape index (κ3) is 3.28. The van der Waals surface area contributed by atoms with Crippen LogP contribution in [-0.2, 0) is 12.0 Å². The van der Waals surface area contributed by atoms with Gasteiger partial charge in [0.2, 0.25) is 0 Å². The Morgan fingerprint density at radius 3 is 2.50 bits per heavy atom. The van der Waals surface area contributed by atoms with Gasteiger partial charge in [-0.15, -0.1) is 0 Å². The van der Waals surface area contributed by atoms with E-state index in [1.807, 2.05) is 18.2 Å². The van der Waals surface area contributed by atoms with E-state index in [9.17, 15) is 4.39 Å². The average Bonchev–Trinajstić information content (AvgIpc) is 2.69. The van der Waals surface area contributed by atoms with Crippen molar-refractivity contribution in [1.29, 1.82) is 0 Å². The van der Waals surface area contributed by atoms with Crippen molar-refractivity contribution in [2.75, 3.05) is 13.7 Å². The molecule has 2 atom stereocenters. The molecule has 2 aromatic carbocycles. The van der Waals surface area contributed by atoms with Gasteiger partial charge in [-0.25, -0.2) is 4.39 Å². The van der Waals surface area contributed by atoms with Crippen LogP contribution < -0.4 is 4.74 Å². The quantitative estimate of drug-likeness (QED) is 0.565. The van der Waals surface area contributed by atoms with Crippen molar-refractivity contribution < 1.29 is 9.13 Å². The number of benzene rings is 2. The second-order valence-electron chi connectivity index (χ2n) is 7.95. The van der Waals surface area contributed by atoms with E-state index in [0.29, 0.717) is 6.42 Å². The van der Waals surface area contributed by atoms with Crippen molar-refractivity contribution in [3.63, 3.8) is 0 Å². The van der Waals surface area contributed by atoms with E-state index in [1.165, 1.54) is 16.7 Å². The van der Waals surface area contributed by atoms with Gasteiger partial charge in [0.1, 0.15) is 11.4 Å². The SMILES string of the molecule is COc1ccc2c(c1)CCN(C1=CCC(C)(F)C=C1)C2(C)c1ccc(Br)cc1. The predicted molar refractivity (Wildman–Crippen MR) is 115 cm³/mol. The van der Waals surface area contributed by atoms with Crippen molar-refractivity contribution in [1.82, 2.24) is 4.90 Å². The molecule has 1 heterocycles. The second kappa shape index (κ2) is 7.07. The van der Waals surface area contributed by atoms with Gasteiger partial charge >= 0.3 is 0 Å². The van der Waals surface area contributed by atoms with Crippen LogP contribution in [0.5, 0.6) is 5.75 Å². The Morgan fingerprint density at radius 1 is 1.11 bits per heavy atom. The number of methoxy groups -OCH3 is 1. The van der Waals surface area contributed by atoms with Gasteiger partial charge in [-0.05, 0) is 73.4 Å². The highest BCUT2D eigenvalue weighted by atomic mass is 79.9. The normalized spacial score (nSPS) is 26.6. The van der Waals surface area contributed by atoms with Crippen LogP contribution in [0.3, 0.4) is 0 Å². The van der Waals surface area contributed by atoms with Crippen LogP contribution in [0.4, 0.5) is 4.39 Å². The Labute approximate surface area is 174 Å². The summed E-state index contributed by atoms with van der Waals surface area (Å²) in [6.45, 7) is 4.76. The molecule has 2 aliphatic rings. The van der Waals surface area contributed by atoms with E-state index in [2.05, 4.69) is 64.2 Å². The molecule has 2 unspecified atom stereocenters. The molecular formula is C24H25BrFNO. The Bertz CT molecular complexity index is 948. The van der Waals surface area contributed by atoms with E-state index < -0.39 is 5.67 Å². The zero-order valence-corrected chi connectivity index (χ0v) is 18.1. The molecule has 146 valence electrons. The summed E-state index contributed by atoms with van der Waals surface area (Å²) in [5.74, 6) is 0.885. The minimum atomic E-state index is -1.27. The molecule has 28 heavy (non-hydrogen) atoms. The number of allylic oxidation sites excluding steroid dienone is 3. The van der Waals surface area contributed by atoms with Gasteiger partial charge in [-0.1, -0.05) is 40.2 Å². The topological polar surface area (TPSA) is 12.5 Å². The summed E-state index contributed by atoms with van der Waals surface area (Å²) in [5, 5.41) is 0. The molecule has 2 nitrogen and oxygen atoms in total. The first-order valence-corrected chi connectivity index (χ1v) is 10.4. The highest BCUT2D eigenvalue weighted by Crippen LogP contribution is 2.45. The van der Waals surface area contributed by atoms with Crippen molar-refractivity contribution in [3.05, 3.63) is 87.6 Å². The Kier molecular flexibility index (Phi) is 4.86. The van der Waals surface area contributed by atoms with Gasteiger partial charge in [0.15, 0.2) is 0 Å². The molecule has 2 aromatic rings. The molecule has 0 saturated carbocycles. The summed E-state index contributed by atoms with van der Waals surface area (Å²) < 4.78 is 20.8. The lowest BCUT2D eigenvalue weighted by Gasteiger charge is -2.49. The standard InChI is InChI=1S/C24H25BrFNO/c1-23(26)13-10-20(11-14-23)27-15-12-17-16-21(28-3)8-9-22(17)24(27,2)18-4-6-19(25)7-5-18/h4-11,13,16H,12,14-15H2,1-3H3. The van der Waals surface area contributed by atoms with Gasteiger partial charge in [-0.2, -0.15) is 0 Å². The fraction of sp³-hybridized carbons (Fsp3) is 0.333.